The first-order valence-corrected chi connectivity index (χ1v) is 5.21. The molecule has 15 heavy (non-hydrogen) atoms. The zero-order valence-corrected chi connectivity index (χ0v) is 8.58. The van der Waals surface area contributed by atoms with Crippen LogP contribution in [0.1, 0.15) is 15.2 Å². The van der Waals surface area contributed by atoms with E-state index in [1.807, 2.05) is 24.3 Å². The first-order valence-electron chi connectivity index (χ1n) is 4.39. The molecule has 0 atom stereocenters. The van der Waals surface area contributed by atoms with E-state index in [1.54, 1.807) is 0 Å². The highest BCUT2D eigenvalue weighted by Gasteiger charge is 2.13. The molecule has 4 heteroatoms. The fourth-order valence-electron chi connectivity index (χ4n) is 1.55. The molecule has 0 unspecified atom stereocenters. The molecule has 76 valence electrons. The van der Waals surface area contributed by atoms with Gasteiger partial charge in [-0.2, -0.15) is 0 Å². The third-order valence-corrected chi connectivity index (χ3v) is 3.30. The molecule has 0 spiro atoms. The van der Waals surface area contributed by atoms with E-state index in [9.17, 15) is 9.59 Å². The quantitative estimate of drug-likeness (QED) is 0.808. The number of aldehydes is 1. The van der Waals surface area contributed by atoms with Gasteiger partial charge in [-0.25, -0.2) is 0 Å². The van der Waals surface area contributed by atoms with E-state index in [1.165, 1.54) is 11.3 Å². The van der Waals surface area contributed by atoms with Crippen molar-refractivity contribution in [2.75, 3.05) is 0 Å². The Morgan fingerprint density at radius 3 is 2.80 bits per heavy atom. The van der Waals surface area contributed by atoms with Gasteiger partial charge in [-0.15, -0.1) is 11.3 Å². The molecule has 0 amide bonds. The van der Waals surface area contributed by atoms with Crippen LogP contribution in [0.3, 0.4) is 0 Å². The lowest BCUT2D eigenvalue weighted by Crippen LogP contribution is -2.01. The van der Waals surface area contributed by atoms with Crippen molar-refractivity contribution in [1.82, 2.24) is 0 Å². The number of carbonyl (C=O) groups excluding carboxylic acids is 1. The van der Waals surface area contributed by atoms with Crippen LogP contribution in [0.2, 0.25) is 0 Å². The van der Waals surface area contributed by atoms with Crippen molar-refractivity contribution in [1.29, 1.82) is 0 Å². The van der Waals surface area contributed by atoms with Crippen molar-refractivity contribution in [3.8, 4) is 0 Å². The highest BCUT2D eigenvalue weighted by atomic mass is 32.1. The van der Waals surface area contributed by atoms with Gasteiger partial charge in [0.05, 0.1) is 11.3 Å². The van der Waals surface area contributed by atoms with Gasteiger partial charge in [-0.3, -0.25) is 9.59 Å². The molecule has 0 radical (unpaired) electrons. The summed E-state index contributed by atoms with van der Waals surface area (Å²) in [5.74, 6) is -0.915. The lowest BCUT2D eigenvalue weighted by molar-refractivity contribution is -0.136. The zero-order chi connectivity index (χ0) is 10.8. The fraction of sp³-hybridized carbons (Fsp3) is 0.0909. The summed E-state index contributed by atoms with van der Waals surface area (Å²) in [4.78, 5) is 22.0. The van der Waals surface area contributed by atoms with Gasteiger partial charge >= 0.3 is 5.97 Å². The SMILES string of the molecule is O=Cc1sc2ccccc2c1CC(=O)O. The van der Waals surface area contributed by atoms with Gasteiger partial charge in [0.1, 0.15) is 0 Å². The van der Waals surface area contributed by atoms with Crippen LogP contribution in [0.25, 0.3) is 10.1 Å². The predicted octanol–water partition coefficient (Wildman–Crippen LogP) is 2.34. The average Bonchev–Trinajstić information content (AvgIpc) is 2.56. The minimum Gasteiger partial charge on any atom is -0.481 e. The Morgan fingerprint density at radius 2 is 2.13 bits per heavy atom. The highest BCUT2D eigenvalue weighted by molar-refractivity contribution is 7.20. The van der Waals surface area contributed by atoms with Crippen LogP contribution in [-0.4, -0.2) is 17.4 Å². The summed E-state index contributed by atoms with van der Waals surface area (Å²) in [7, 11) is 0. The standard InChI is InChI=1S/C11H8O3S/c12-6-10-8(5-11(13)14)7-3-1-2-4-9(7)15-10/h1-4,6H,5H2,(H,13,14). The lowest BCUT2D eigenvalue weighted by Gasteiger charge is -1.95. The maximum atomic E-state index is 10.8. The van der Waals surface area contributed by atoms with Gasteiger partial charge in [0.25, 0.3) is 0 Å². The van der Waals surface area contributed by atoms with Gasteiger partial charge in [-0.05, 0) is 17.0 Å². The second-order valence-electron chi connectivity index (χ2n) is 3.13. The van der Waals surface area contributed by atoms with Crippen LogP contribution >= 0.6 is 11.3 Å². The van der Waals surface area contributed by atoms with Crippen LogP contribution < -0.4 is 0 Å². The van der Waals surface area contributed by atoms with Gasteiger partial charge in [0, 0.05) is 4.70 Å². The Labute approximate surface area is 90.0 Å². The molecule has 0 bridgehead atoms. The summed E-state index contributed by atoms with van der Waals surface area (Å²) in [6.45, 7) is 0. The minimum atomic E-state index is -0.915. The van der Waals surface area contributed by atoms with Crippen molar-refractivity contribution >= 4 is 33.7 Å². The van der Waals surface area contributed by atoms with E-state index < -0.39 is 5.97 Å². The van der Waals surface area contributed by atoms with Crippen molar-refractivity contribution in [3.63, 3.8) is 0 Å². The topological polar surface area (TPSA) is 54.4 Å². The van der Waals surface area contributed by atoms with Crippen molar-refractivity contribution < 1.29 is 14.7 Å². The molecule has 1 aromatic heterocycles. The Kier molecular flexibility index (Phi) is 2.51. The van der Waals surface area contributed by atoms with E-state index in [-0.39, 0.29) is 6.42 Å². The maximum Gasteiger partial charge on any atom is 0.307 e. The first kappa shape index (κ1) is 9.86. The second kappa shape index (κ2) is 3.82. The van der Waals surface area contributed by atoms with Crippen molar-refractivity contribution in [3.05, 3.63) is 34.7 Å². The summed E-state index contributed by atoms with van der Waals surface area (Å²) in [5.41, 5.74) is 0.623. The van der Waals surface area contributed by atoms with Gasteiger partial charge in [0.2, 0.25) is 0 Å². The van der Waals surface area contributed by atoms with E-state index in [0.29, 0.717) is 10.4 Å². The lowest BCUT2D eigenvalue weighted by atomic mass is 10.1. The number of carboxylic acid groups (broad SMARTS) is 1. The van der Waals surface area contributed by atoms with Gasteiger partial charge in [0.15, 0.2) is 6.29 Å². The van der Waals surface area contributed by atoms with Crippen LogP contribution in [-0.2, 0) is 11.2 Å². The zero-order valence-electron chi connectivity index (χ0n) is 7.77. The Morgan fingerprint density at radius 1 is 1.40 bits per heavy atom. The molecular weight excluding hydrogens is 212 g/mol. The summed E-state index contributed by atoms with van der Waals surface area (Å²) in [6.07, 6.45) is 0.626. The summed E-state index contributed by atoms with van der Waals surface area (Å²) in [6, 6.07) is 7.45. The highest BCUT2D eigenvalue weighted by Crippen LogP contribution is 2.30. The normalized spacial score (nSPS) is 10.4. The molecule has 2 aromatic rings. The fourth-order valence-corrected chi connectivity index (χ4v) is 2.58. The molecule has 0 aliphatic carbocycles. The average molecular weight is 220 g/mol. The monoisotopic (exact) mass is 220 g/mol. The number of aliphatic carboxylic acids is 1. The second-order valence-corrected chi connectivity index (χ2v) is 4.21. The minimum absolute atomic E-state index is 0.0991. The molecule has 2 rings (SSSR count). The third kappa shape index (κ3) is 1.76. The number of rotatable bonds is 3. The molecule has 0 saturated heterocycles. The van der Waals surface area contributed by atoms with E-state index in [2.05, 4.69) is 0 Å². The number of benzene rings is 1. The number of carboxylic acids is 1. The molecular formula is C11H8O3S. The maximum absolute atomic E-state index is 10.8. The predicted molar refractivity (Wildman–Crippen MR) is 58.6 cm³/mol. The van der Waals surface area contributed by atoms with Gasteiger partial charge < -0.3 is 5.11 Å². The Bertz CT molecular complexity index is 528. The number of thiophene rings is 1. The number of carbonyl (C=O) groups is 2. The van der Waals surface area contributed by atoms with Crippen molar-refractivity contribution in [2.24, 2.45) is 0 Å². The van der Waals surface area contributed by atoms with Crippen LogP contribution in [0.5, 0.6) is 0 Å². The molecule has 1 N–H and O–H groups in total. The Balaban J connectivity index is 2.66. The van der Waals surface area contributed by atoms with E-state index >= 15 is 0 Å². The molecule has 0 aliphatic rings. The first-order chi connectivity index (χ1) is 7.22. The Hall–Kier alpha value is -1.68. The van der Waals surface area contributed by atoms with Gasteiger partial charge in [-0.1, -0.05) is 18.2 Å². The largest absolute Gasteiger partial charge is 0.481 e. The van der Waals surface area contributed by atoms with Crippen LogP contribution in [0.4, 0.5) is 0 Å². The molecule has 0 fully saturated rings. The summed E-state index contributed by atoms with van der Waals surface area (Å²) in [5, 5.41) is 9.62. The molecule has 0 aliphatic heterocycles. The number of fused-ring (bicyclic) bond motifs is 1. The molecule has 1 heterocycles. The molecule has 3 nitrogen and oxygen atoms in total. The number of hydrogen-bond acceptors (Lipinski definition) is 3. The third-order valence-electron chi connectivity index (χ3n) is 2.16. The number of hydrogen-bond donors (Lipinski definition) is 1. The molecule has 0 saturated carbocycles. The van der Waals surface area contributed by atoms with E-state index in [0.717, 1.165) is 16.4 Å². The van der Waals surface area contributed by atoms with E-state index in [4.69, 9.17) is 5.11 Å². The van der Waals surface area contributed by atoms with Crippen molar-refractivity contribution in [2.45, 2.75) is 6.42 Å². The summed E-state index contributed by atoms with van der Waals surface area (Å²) >= 11 is 1.33. The van der Waals surface area contributed by atoms with Crippen LogP contribution in [0, 0.1) is 0 Å². The summed E-state index contributed by atoms with van der Waals surface area (Å²) < 4.78 is 0.954. The smallest absolute Gasteiger partial charge is 0.307 e. The van der Waals surface area contributed by atoms with Crippen LogP contribution in [0.15, 0.2) is 24.3 Å². The molecule has 1 aromatic carbocycles.